The lowest BCUT2D eigenvalue weighted by Crippen LogP contribution is -2.48. The molecule has 13 heteroatoms. The van der Waals surface area contributed by atoms with Crippen LogP contribution in [0.25, 0.3) is 11.0 Å². The lowest BCUT2D eigenvalue weighted by atomic mass is 10.00. The fourth-order valence-corrected chi connectivity index (χ4v) is 5.33. The Kier molecular flexibility index (Phi) is 12.4. The van der Waals surface area contributed by atoms with E-state index >= 15 is 0 Å². The molecule has 3 heterocycles. The van der Waals surface area contributed by atoms with E-state index < -0.39 is 24.1 Å². The van der Waals surface area contributed by atoms with Gasteiger partial charge in [-0.1, -0.05) is 18.2 Å². The average molecular weight is 631 g/mol. The van der Waals surface area contributed by atoms with Gasteiger partial charge in [-0.25, -0.2) is 14.0 Å². The predicted molar refractivity (Wildman–Crippen MR) is 159 cm³/mol. The molecule has 12 nitrogen and oxygen atoms in total. The number of likely N-dealkylation sites (tertiary alicyclic amines) is 1. The molecule has 0 radical (unpaired) electrons. The Bertz CT molecular complexity index is 1380. The Morgan fingerprint density at radius 1 is 0.911 bits per heavy atom. The van der Waals surface area contributed by atoms with Crippen LogP contribution in [0.2, 0.25) is 0 Å². The minimum atomic E-state index is -2.27. The van der Waals surface area contributed by atoms with E-state index in [1.165, 1.54) is 12.1 Å². The third-order valence-corrected chi connectivity index (χ3v) is 7.84. The quantitative estimate of drug-likeness (QED) is 0.246. The van der Waals surface area contributed by atoms with Gasteiger partial charge in [0.2, 0.25) is 5.91 Å². The van der Waals surface area contributed by atoms with Crippen LogP contribution in [-0.4, -0.2) is 105 Å². The Labute approximate surface area is 259 Å². The number of benzene rings is 2. The fraction of sp³-hybridized carbons (Fsp3) is 0.469. The van der Waals surface area contributed by atoms with Crippen molar-refractivity contribution in [3.63, 3.8) is 0 Å². The lowest BCUT2D eigenvalue weighted by molar-refractivity contribution is -0.183. The van der Waals surface area contributed by atoms with E-state index in [0.29, 0.717) is 13.0 Å². The number of furan rings is 1. The minimum Gasteiger partial charge on any atom is -0.479 e. The second kappa shape index (κ2) is 16.4. The third-order valence-electron chi connectivity index (χ3n) is 7.84. The summed E-state index contributed by atoms with van der Waals surface area (Å²) in [5.41, 5.74) is 2.73. The Morgan fingerprint density at radius 3 is 2.16 bits per heavy atom. The van der Waals surface area contributed by atoms with Crippen molar-refractivity contribution in [2.45, 2.75) is 63.2 Å². The van der Waals surface area contributed by atoms with E-state index in [-0.39, 0.29) is 24.1 Å². The molecule has 4 N–H and O–H groups in total. The number of aliphatic hydroxyl groups excluding tert-OH is 2. The maximum Gasteiger partial charge on any atom is 0.335 e. The van der Waals surface area contributed by atoms with Crippen molar-refractivity contribution in [2.24, 2.45) is 0 Å². The topological polar surface area (TPSA) is 170 Å². The maximum absolute atomic E-state index is 13.6. The number of aliphatic hydroxyl groups is 2. The zero-order chi connectivity index (χ0) is 32.3. The van der Waals surface area contributed by atoms with Crippen LogP contribution in [-0.2, 0) is 36.8 Å². The number of hydrogen-bond donors (Lipinski definition) is 4. The summed E-state index contributed by atoms with van der Waals surface area (Å²) in [7, 11) is 0. The van der Waals surface area contributed by atoms with E-state index in [2.05, 4.69) is 4.90 Å². The van der Waals surface area contributed by atoms with Crippen molar-refractivity contribution in [2.75, 3.05) is 32.8 Å². The number of amides is 1. The second-order valence-electron chi connectivity index (χ2n) is 11.1. The third kappa shape index (κ3) is 10.1. The van der Waals surface area contributed by atoms with Gasteiger partial charge in [0.1, 0.15) is 11.4 Å². The van der Waals surface area contributed by atoms with Crippen LogP contribution in [0.1, 0.15) is 36.8 Å². The molecule has 2 fully saturated rings. The van der Waals surface area contributed by atoms with Gasteiger partial charge in [0, 0.05) is 44.0 Å². The van der Waals surface area contributed by atoms with Crippen molar-refractivity contribution in [1.82, 2.24) is 9.80 Å². The van der Waals surface area contributed by atoms with Crippen LogP contribution in [0.5, 0.6) is 0 Å². The monoisotopic (exact) mass is 630 g/mol. The summed E-state index contributed by atoms with van der Waals surface area (Å²) >= 11 is 0. The van der Waals surface area contributed by atoms with Crippen LogP contribution in [0.15, 0.2) is 59.2 Å². The highest BCUT2D eigenvalue weighted by Crippen LogP contribution is 2.23. The number of carbonyl (C=O) groups excluding carboxylic acids is 1. The number of carbonyl (C=O) groups is 3. The molecule has 244 valence electrons. The van der Waals surface area contributed by atoms with Crippen molar-refractivity contribution < 1.29 is 53.1 Å². The summed E-state index contributed by atoms with van der Waals surface area (Å²) in [6.45, 7) is 4.86. The van der Waals surface area contributed by atoms with Gasteiger partial charge < -0.3 is 44.1 Å². The molecular weight excluding hydrogens is 591 g/mol. The second-order valence-corrected chi connectivity index (χ2v) is 11.1. The molecule has 2 aromatic carbocycles. The van der Waals surface area contributed by atoms with Gasteiger partial charge in [-0.3, -0.25) is 4.79 Å². The fourth-order valence-electron chi connectivity index (χ4n) is 5.33. The Hall–Kier alpha value is -3.88. The molecule has 0 spiro atoms. The molecule has 2 aliphatic heterocycles. The molecule has 2 saturated heterocycles. The van der Waals surface area contributed by atoms with Crippen molar-refractivity contribution >= 4 is 28.8 Å². The van der Waals surface area contributed by atoms with Crippen LogP contribution >= 0.6 is 0 Å². The summed E-state index contributed by atoms with van der Waals surface area (Å²) in [5, 5.41) is 33.5. The normalized spacial score (nSPS) is 17.7. The summed E-state index contributed by atoms with van der Waals surface area (Å²) in [6.07, 6.45) is 1.05. The number of rotatable bonds is 11. The number of fused-ring (bicyclic) bond motifs is 1. The molecule has 3 aromatic rings. The lowest BCUT2D eigenvalue weighted by Gasteiger charge is -2.39. The molecule has 0 aliphatic carbocycles. The van der Waals surface area contributed by atoms with Gasteiger partial charge in [0.05, 0.1) is 25.9 Å². The number of halogens is 1. The van der Waals surface area contributed by atoms with Gasteiger partial charge in [0.25, 0.3) is 0 Å². The molecule has 5 rings (SSSR count). The molecular formula is C32H39FN2O10. The van der Waals surface area contributed by atoms with E-state index in [0.717, 1.165) is 80.6 Å². The molecule has 2 unspecified atom stereocenters. The molecule has 0 saturated carbocycles. The summed E-state index contributed by atoms with van der Waals surface area (Å²) < 4.78 is 30.3. The minimum absolute atomic E-state index is 0.0920. The predicted octanol–water partition coefficient (Wildman–Crippen LogP) is 2.64. The number of carboxylic acid groups (broad SMARTS) is 2. The SMILES string of the molecule is O=C(Cc1ccc2occc2c1)N(Cc1ccc(F)cc1)C1CCN(CCC2OCCCO2)CC1.O=C(O)C(O)C(O)C(=O)O. The number of nitrogens with zero attached hydrogens (tertiary/aromatic N) is 2. The highest BCUT2D eigenvalue weighted by molar-refractivity contribution is 5.83. The zero-order valence-corrected chi connectivity index (χ0v) is 24.8. The number of piperidine rings is 1. The van der Waals surface area contributed by atoms with Crippen molar-refractivity contribution in [3.8, 4) is 0 Å². The van der Waals surface area contributed by atoms with E-state index in [4.69, 9.17) is 34.3 Å². The zero-order valence-electron chi connectivity index (χ0n) is 24.8. The summed E-state index contributed by atoms with van der Waals surface area (Å²) in [6, 6.07) is 14.4. The largest absolute Gasteiger partial charge is 0.479 e. The molecule has 1 amide bonds. The summed E-state index contributed by atoms with van der Waals surface area (Å²) in [5.74, 6) is -3.70. The number of hydrogen-bond acceptors (Lipinski definition) is 9. The summed E-state index contributed by atoms with van der Waals surface area (Å²) in [4.78, 5) is 37.5. The smallest absolute Gasteiger partial charge is 0.335 e. The molecule has 2 aliphatic rings. The van der Waals surface area contributed by atoms with E-state index in [1.54, 1.807) is 18.4 Å². The first-order chi connectivity index (χ1) is 21.6. The highest BCUT2D eigenvalue weighted by atomic mass is 19.1. The average Bonchev–Trinajstić information content (AvgIpc) is 3.52. The maximum atomic E-state index is 13.6. The van der Waals surface area contributed by atoms with Crippen molar-refractivity contribution in [1.29, 1.82) is 0 Å². The molecule has 0 bridgehead atoms. The molecule has 1 aromatic heterocycles. The van der Waals surface area contributed by atoms with Crippen LogP contribution in [0, 0.1) is 5.82 Å². The van der Waals surface area contributed by atoms with Crippen molar-refractivity contribution in [3.05, 3.63) is 71.7 Å². The van der Waals surface area contributed by atoms with E-state index in [9.17, 15) is 18.8 Å². The van der Waals surface area contributed by atoms with Gasteiger partial charge in [0.15, 0.2) is 18.5 Å². The molecule has 45 heavy (non-hydrogen) atoms. The Balaban J connectivity index is 0.000000399. The van der Waals surface area contributed by atoms with Crippen LogP contribution < -0.4 is 0 Å². The van der Waals surface area contributed by atoms with Crippen LogP contribution in [0.4, 0.5) is 4.39 Å². The van der Waals surface area contributed by atoms with Gasteiger partial charge in [-0.15, -0.1) is 0 Å². The Morgan fingerprint density at radius 2 is 1.53 bits per heavy atom. The first kappa shape index (κ1) is 34.0. The standard InChI is InChI=1S/C28H33FN2O4.C4H6O6/c29-24-5-2-21(3-6-24)20-31(27(32)19-22-4-7-26-23(18-22)11-17-33-26)25-8-12-30(13-9-25)14-10-28-34-15-1-16-35-28;5-1(3(7)8)2(6)4(9)10/h2-7,11,17-18,25,28H,1,8-10,12-16,19-20H2;1-2,5-6H,(H,7,8)(H,9,10). The van der Waals surface area contributed by atoms with Crippen LogP contribution in [0.3, 0.4) is 0 Å². The van der Waals surface area contributed by atoms with E-state index in [1.807, 2.05) is 29.2 Å². The van der Waals surface area contributed by atoms with Gasteiger partial charge >= 0.3 is 11.9 Å². The molecule has 2 atom stereocenters. The van der Waals surface area contributed by atoms with Gasteiger partial charge in [-0.05, 0) is 60.7 Å². The first-order valence-electron chi connectivity index (χ1n) is 14.9. The number of ether oxygens (including phenoxy) is 2. The first-order valence-corrected chi connectivity index (χ1v) is 14.9. The number of carboxylic acids is 2. The van der Waals surface area contributed by atoms with Gasteiger partial charge in [-0.2, -0.15) is 0 Å². The number of aliphatic carboxylic acids is 2. The highest BCUT2D eigenvalue weighted by Gasteiger charge is 2.30.